The van der Waals surface area contributed by atoms with Crippen LogP contribution in [-0.2, 0) is 15.8 Å². The minimum Gasteiger partial charge on any atom is -0.328 e. The average molecular weight is 389 g/mol. The van der Waals surface area contributed by atoms with Crippen molar-refractivity contribution in [2.45, 2.75) is 6.18 Å². The molecular formula is C19H14F3N3O3. The zero-order valence-electron chi connectivity index (χ0n) is 14.3. The number of carbonyl (C=O) groups excluding carboxylic acids is 3. The van der Waals surface area contributed by atoms with Gasteiger partial charge in [-0.15, -0.1) is 0 Å². The maximum Gasteiger partial charge on any atom is 0.416 e. The fraction of sp³-hybridized carbons (Fsp3) is 0.105. The zero-order valence-corrected chi connectivity index (χ0v) is 14.3. The number of rotatable bonds is 4. The van der Waals surface area contributed by atoms with Gasteiger partial charge >= 0.3 is 12.2 Å². The summed E-state index contributed by atoms with van der Waals surface area (Å²) in [5, 5.41) is 4.92. The molecule has 0 saturated carbocycles. The van der Waals surface area contributed by atoms with Crippen LogP contribution < -0.4 is 15.5 Å². The summed E-state index contributed by atoms with van der Waals surface area (Å²) < 4.78 is 38.1. The molecule has 0 spiro atoms. The topological polar surface area (TPSA) is 78.5 Å². The Balaban J connectivity index is 1.70. The van der Waals surface area contributed by atoms with E-state index in [2.05, 4.69) is 10.6 Å². The maximum absolute atomic E-state index is 12.7. The van der Waals surface area contributed by atoms with E-state index < -0.39 is 29.6 Å². The number of urea groups is 1. The number of nitrogens with one attached hydrogen (secondary N) is 2. The van der Waals surface area contributed by atoms with Crippen molar-refractivity contribution in [1.82, 2.24) is 5.32 Å². The number of halogens is 3. The lowest BCUT2D eigenvalue weighted by atomic mass is 10.1. The second-order valence-corrected chi connectivity index (χ2v) is 5.88. The monoisotopic (exact) mass is 389 g/mol. The van der Waals surface area contributed by atoms with Gasteiger partial charge in [0.05, 0.1) is 17.8 Å². The van der Waals surface area contributed by atoms with Gasteiger partial charge in [0.25, 0.3) is 5.91 Å². The predicted octanol–water partition coefficient (Wildman–Crippen LogP) is 3.41. The van der Waals surface area contributed by atoms with E-state index in [0.717, 1.165) is 23.1 Å². The van der Waals surface area contributed by atoms with Crippen LogP contribution in [0.3, 0.4) is 0 Å². The van der Waals surface area contributed by atoms with E-state index in [0.29, 0.717) is 11.4 Å². The van der Waals surface area contributed by atoms with Crippen LogP contribution in [0.25, 0.3) is 6.08 Å². The molecule has 6 nitrogen and oxygen atoms in total. The fourth-order valence-electron chi connectivity index (χ4n) is 2.58. The van der Waals surface area contributed by atoms with E-state index in [1.807, 2.05) is 0 Å². The molecule has 0 atom stereocenters. The normalized spacial score (nSPS) is 14.5. The Morgan fingerprint density at radius 1 is 1.11 bits per heavy atom. The Kier molecular flexibility index (Phi) is 5.16. The summed E-state index contributed by atoms with van der Waals surface area (Å²) in [5.41, 5.74) is 0.0257. The Morgan fingerprint density at radius 2 is 1.86 bits per heavy atom. The predicted molar refractivity (Wildman–Crippen MR) is 96.4 cm³/mol. The van der Waals surface area contributed by atoms with Crippen LogP contribution in [0.4, 0.5) is 29.3 Å². The van der Waals surface area contributed by atoms with E-state index in [-0.39, 0.29) is 12.1 Å². The van der Waals surface area contributed by atoms with Crippen molar-refractivity contribution >= 4 is 35.3 Å². The number of nitrogens with zero attached hydrogens (tertiary/aromatic N) is 1. The molecule has 28 heavy (non-hydrogen) atoms. The molecule has 1 saturated heterocycles. The Hall–Kier alpha value is -3.62. The number of anilines is 2. The third-order valence-electron chi connectivity index (χ3n) is 3.86. The van der Waals surface area contributed by atoms with Gasteiger partial charge in [0, 0.05) is 11.8 Å². The molecule has 1 aliphatic heterocycles. The SMILES string of the molecule is O=C(/C=C/c1cccc(C(F)(F)F)c1)Nc1cccc(N2C(=O)CNC2=O)c1. The second-order valence-electron chi connectivity index (χ2n) is 5.88. The van der Waals surface area contributed by atoms with E-state index >= 15 is 0 Å². The van der Waals surface area contributed by atoms with Crippen LogP contribution in [0.15, 0.2) is 54.6 Å². The Morgan fingerprint density at radius 3 is 2.54 bits per heavy atom. The summed E-state index contributed by atoms with van der Waals surface area (Å²) in [4.78, 5) is 36.4. The second kappa shape index (κ2) is 7.55. The summed E-state index contributed by atoms with van der Waals surface area (Å²) >= 11 is 0. The molecule has 4 amide bonds. The molecule has 0 radical (unpaired) electrons. The first kappa shape index (κ1) is 19.2. The molecule has 9 heteroatoms. The first-order chi connectivity index (χ1) is 13.2. The molecular weight excluding hydrogens is 375 g/mol. The van der Waals surface area contributed by atoms with Crippen LogP contribution in [-0.4, -0.2) is 24.4 Å². The fourth-order valence-corrected chi connectivity index (χ4v) is 2.58. The van der Waals surface area contributed by atoms with E-state index in [9.17, 15) is 27.6 Å². The number of hydrogen-bond acceptors (Lipinski definition) is 3. The Labute approximate surface area is 157 Å². The quantitative estimate of drug-likeness (QED) is 0.621. The molecule has 1 heterocycles. The molecule has 0 unspecified atom stereocenters. The molecule has 3 rings (SSSR count). The number of imide groups is 1. The standard InChI is InChI=1S/C19H14F3N3O3/c20-19(21,22)13-4-1-3-12(9-13)7-8-16(26)24-14-5-2-6-15(10-14)25-17(27)11-23-18(25)28/h1-10H,11H2,(H,23,28)(H,24,26)/b8-7+. The highest BCUT2D eigenvalue weighted by atomic mass is 19.4. The third kappa shape index (κ3) is 4.37. The first-order valence-electron chi connectivity index (χ1n) is 8.11. The molecule has 0 aromatic heterocycles. The van der Waals surface area contributed by atoms with Gasteiger partial charge in [0.2, 0.25) is 5.91 Å². The van der Waals surface area contributed by atoms with Gasteiger partial charge < -0.3 is 10.6 Å². The van der Waals surface area contributed by atoms with Crippen molar-refractivity contribution in [2.75, 3.05) is 16.8 Å². The lowest BCUT2D eigenvalue weighted by Crippen LogP contribution is -2.30. The highest BCUT2D eigenvalue weighted by Gasteiger charge is 2.30. The van der Waals surface area contributed by atoms with Crippen LogP contribution in [0, 0.1) is 0 Å². The van der Waals surface area contributed by atoms with Gasteiger partial charge in [-0.1, -0.05) is 18.2 Å². The average Bonchev–Trinajstić information content (AvgIpc) is 2.98. The summed E-state index contributed by atoms with van der Waals surface area (Å²) in [6, 6.07) is 10.1. The van der Waals surface area contributed by atoms with Crippen molar-refractivity contribution in [3.63, 3.8) is 0 Å². The summed E-state index contributed by atoms with van der Waals surface area (Å²) in [5.74, 6) is -0.996. The number of benzene rings is 2. The Bertz CT molecular complexity index is 954. The van der Waals surface area contributed by atoms with E-state index in [1.54, 1.807) is 12.1 Å². The van der Waals surface area contributed by atoms with Gasteiger partial charge in [0.1, 0.15) is 0 Å². The van der Waals surface area contributed by atoms with Crippen molar-refractivity contribution in [3.8, 4) is 0 Å². The molecule has 144 valence electrons. The van der Waals surface area contributed by atoms with Crippen LogP contribution in [0.1, 0.15) is 11.1 Å². The van der Waals surface area contributed by atoms with Crippen molar-refractivity contribution < 1.29 is 27.6 Å². The van der Waals surface area contributed by atoms with Gasteiger partial charge in [0.15, 0.2) is 0 Å². The largest absolute Gasteiger partial charge is 0.416 e. The highest BCUT2D eigenvalue weighted by Crippen LogP contribution is 2.29. The summed E-state index contributed by atoms with van der Waals surface area (Å²) in [6.07, 6.45) is -2.12. The van der Waals surface area contributed by atoms with Gasteiger partial charge in [-0.25, -0.2) is 9.69 Å². The third-order valence-corrected chi connectivity index (χ3v) is 3.86. The molecule has 2 aromatic carbocycles. The van der Waals surface area contributed by atoms with E-state index in [1.165, 1.54) is 30.3 Å². The smallest absolute Gasteiger partial charge is 0.328 e. The number of alkyl halides is 3. The van der Waals surface area contributed by atoms with Crippen LogP contribution in [0.2, 0.25) is 0 Å². The van der Waals surface area contributed by atoms with Crippen molar-refractivity contribution in [2.24, 2.45) is 0 Å². The molecule has 2 N–H and O–H groups in total. The summed E-state index contributed by atoms with van der Waals surface area (Å²) in [6.45, 7) is -0.102. The van der Waals surface area contributed by atoms with Crippen molar-refractivity contribution in [1.29, 1.82) is 0 Å². The minimum absolute atomic E-state index is 0.102. The molecule has 2 aromatic rings. The highest BCUT2D eigenvalue weighted by molar-refractivity contribution is 6.20. The molecule has 0 aliphatic carbocycles. The van der Waals surface area contributed by atoms with Gasteiger partial charge in [-0.3, -0.25) is 9.59 Å². The number of hydrogen-bond donors (Lipinski definition) is 2. The molecule has 1 fully saturated rings. The van der Waals surface area contributed by atoms with Gasteiger partial charge in [-0.05, 0) is 42.0 Å². The van der Waals surface area contributed by atoms with Crippen LogP contribution >= 0.6 is 0 Å². The van der Waals surface area contributed by atoms with Gasteiger partial charge in [-0.2, -0.15) is 13.2 Å². The van der Waals surface area contributed by atoms with Crippen LogP contribution in [0.5, 0.6) is 0 Å². The minimum atomic E-state index is -4.47. The van der Waals surface area contributed by atoms with Crippen molar-refractivity contribution in [3.05, 3.63) is 65.7 Å². The lowest BCUT2D eigenvalue weighted by molar-refractivity contribution is -0.137. The molecule has 1 aliphatic rings. The zero-order chi connectivity index (χ0) is 20.3. The summed E-state index contributed by atoms with van der Waals surface area (Å²) in [7, 11) is 0. The molecule has 0 bridgehead atoms. The number of amides is 4. The maximum atomic E-state index is 12.7. The lowest BCUT2D eigenvalue weighted by Gasteiger charge is -2.13. The first-order valence-corrected chi connectivity index (χ1v) is 8.11. The number of carbonyl (C=O) groups is 3. The van der Waals surface area contributed by atoms with E-state index in [4.69, 9.17) is 0 Å².